The molecule has 2 heterocycles. The van der Waals surface area contributed by atoms with Crippen LogP contribution >= 0.6 is 0 Å². The molecule has 7 rings (SSSR count). The van der Waals surface area contributed by atoms with Crippen LogP contribution in [0.25, 0.3) is 11.4 Å². The van der Waals surface area contributed by atoms with Gasteiger partial charge < -0.3 is 37.9 Å². The molecule has 84 heavy (non-hydrogen) atoms. The summed E-state index contributed by atoms with van der Waals surface area (Å²) >= 11 is 0. The van der Waals surface area contributed by atoms with Crippen LogP contribution < -0.4 is 18.9 Å². The molecule has 14 heteroatoms. The van der Waals surface area contributed by atoms with E-state index in [-0.39, 0.29) is 88.2 Å². The first-order valence-corrected chi connectivity index (χ1v) is 29.2. The van der Waals surface area contributed by atoms with Crippen molar-refractivity contribution in [2.45, 2.75) is 165 Å². The Balaban J connectivity index is 1.53. The maximum absolute atomic E-state index is 14.2. The molecule has 0 saturated heterocycles. The summed E-state index contributed by atoms with van der Waals surface area (Å²) in [5, 5.41) is 0. The zero-order valence-corrected chi connectivity index (χ0v) is 52.4. The van der Waals surface area contributed by atoms with E-state index in [1.807, 2.05) is 25.1 Å². The average Bonchev–Trinajstić information content (AvgIpc) is 3.57. The number of hydrogen-bond donors (Lipinski definition) is 0. The van der Waals surface area contributed by atoms with Crippen LogP contribution in [0.2, 0.25) is 0 Å². The molecule has 0 radical (unpaired) electrons. The van der Waals surface area contributed by atoms with Crippen molar-refractivity contribution in [3.8, 4) is 34.4 Å². The van der Waals surface area contributed by atoms with Crippen molar-refractivity contribution in [2.24, 2.45) is 0 Å². The van der Waals surface area contributed by atoms with Gasteiger partial charge in [0.1, 0.15) is 29.6 Å². The largest absolute Gasteiger partial charge is 0.481 e. The van der Waals surface area contributed by atoms with Crippen LogP contribution in [-0.2, 0) is 92.1 Å². The number of ether oxygens (including phenoxy) is 8. The first-order chi connectivity index (χ1) is 39.5. The SMILES string of the molecule is CCOC(=O)COc1c2cc(C(C)(C)C)cc1Cc1cc(C(C)(C)C)cc(c1OCC(=O)OCC)Cc1cc(C(C)(C)C)cc(c1OCC(=O)OCc1ccnc(-c3cc(C)ccn3)c1)Cc1cc(C(C)(C)C)cc(c1OCC(=O)OCC)C2. The molecule has 0 saturated carbocycles. The monoisotopic (exact) mass is 1150 g/mol. The minimum atomic E-state index is -0.594. The Morgan fingerprint density at radius 3 is 0.905 bits per heavy atom. The van der Waals surface area contributed by atoms with Gasteiger partial charge in [-0.3, -0.25) is 9.97 Å². The number of carbonyl (C=O) groups excluding carboxylic acids is 4. The van der Waals surface area contributed by atoms with Crippen LogP contribution in [0.1, 0.15) is 182 Å². The zero-order chi connectivity index (χ0) is 61.3. The molecule has 1 aliphatic rings. The van der Waals surface area contributed by atoms with Crippen molar-refractivity contribution in [3.05, 3.63) is 163 Å². The number of esters is 4. The molecule has 14 nitrogen and oxygen atoms in total. The fourth-order valence-electron chi connectivity index (χ4n) is 10.1. The van der Waals surface area contributed by atoms with Crippen LogP contribution in [0.3, 0.4) is 0 Å². The van der Waals surface area contributed by atoms with Crippen LogP contribution in [-0.4, -0.2) is 80.1 Å². The average molecular weight is 1150 g/mol. The van der Waals surface area contributed by atoms with E-state index in [2.05, 4.69) is 142 Å². The summed E-state index contributed by atoms with van der Waals surface area (Å²) in [6.45, 7) is 32.0. The minimum Gasteiger partial charge on any atom is -0.481 e. The van der Waals surface area contributed by atoms with E-state index in [0.29, 0.717) is 34.4 Å². The molecular formula is C70H86N2O12. The van der Waals surface area contributed by atoms with Crippen LogP contribution in [0.15, 0.2) is 85.2 Å². The molecule has 0 fully saturated rings. The Hall–Kier alpha value is -7.74. The third kappa shape index (κ3) is 16.7. The first kappa shape index (κ1) is 63.8. The lowest BCUT2D eigenvalue weighted by molar-refractivity contribution is -0.147. The number of aryl methyl sites for hydroxylation is 1. The molecule has 0 atom stereocenters. The lowest BCUT2D eigenvalue weighted by atomic mass is 9.79. The molecule has 1 aliphatic carbocycles. The molecule has 4 aromatic carbocycles. The van der Waals surface area contributed by atoms with Crippen molar-refractivity contribution in [1.29, 1.82) is 0 Å². The highest BCUT2D eigenvalue weighted by Crippen LogP contribution is 2.45. The van der Waals surface area contributed by atoms with Crippen LogP contribution in [0, 0.1) is 6.92 Å². The van der Waals surface area contributed by atoms with Crippen molar-refractivity contribution >= 4 is 23.9 Å². The predicted molar refractivity (Wildman–Crippen MR) is 326 cm³/mol. The lowest BCUT2D eigenvalue weighted by Crippen LogP contribution is -2.21. The van der Waals surface area contributed by atoms with Gasteiger partial charge in [-0.15, -0.1) is 0 Å². The van der Waals surface area contributed by atoms with Gasteiger partial charge in [-0.2, -0.15) is 0 Å². The molecule has 448 valence electrons. The van der Waals surface area contributed by atoms with E-state index in [0.717, 1.165) is 77.9 Å². The summed E-state index contributed by atoms with van der Waals surface area (Å²) in [4.78, 5) is 63.3. The molecule has 0 unspecified atom stereocenters. The smallest absolute Gasteiger partial charge is 0.344 e. The molecule has 2 aromatic heterocycles. The molecule has 0 N–H and O–H groups in total. The van der Waals surface area contributed by atoms with E-state index >= 15 is 0 Å². The standard InChI is InChI=1S/C70H86N2O12/c1-17-77-59(73)39-81-63-45-26-47-32-54(68(8,9)10)34-49(64(47)82-40-60(74)78-18-2)28-51-36-56(70(14,15)16)37-52(66(51)84-42-62(76)80-38-44-21-23-72-58(25-44)57-24-43(4)20-22-71-57)29-50-35-55(69(11,12)13)33-48(65(50)83-41-61(75)79-19-3)27-46(63)31-53(30-45)67(5,6)7/h20-25,30-37H,17-19,26-29,38-42H2,1-16H3. The highest BCUT2D eigenvalue weighted by atomic mass is 16.6. The number of aromatic nitrogens is 2. The van der Waals surface area contributed by atoms with E-state index < -0.39 is 35.9 Å². The van der Waals surface area contributed by atoms with Gasteiger partial charge in [0.05, 0.1) is 31.2 Å². The van der Waals surface area contributed by atoms with Gasteiger partial charge in [0.2, 0.25) is 0 Å². The van der Waals surface area contributed by atoms with Gasteiger partial charge in [-0.25, -0.2) is 19.2 Å². The molecule has 0 amide bonds. The second kappa shape index (κ2) is 26.9. The second-order valence-corrected chi connectivity index (χ2v) is 25.7. The van der Waals surface area contributed by atoms with Crippen molar-refractivity contribution in [3.63, 3.8) is 0 Å². The zero-order valence-electron chi connectivity index (χ0n) is 52.4. The summed E-state index contributed by atoms with van der Waals surface area (Å²) in [5.74, 6) is -0.290. The van der Waals surface area contributed by atoms with Crippen LogP contribution in [0.4, 0.5) is 0 Å². The summed E-state index contributed by atoms with van der Waals surface area (Å²) in [6, 6.07) is 24.5. The number of hydrogen-bond acceptors (Lipinski definition) is 14. The molecule has 6 aromatic rings. The van der Waals surface area contributed by atoms with Crippen molar-refractivity contribution in [1.82, 2.24) is 9.97 Å². The fourth-order valence-corrected chi connectivity index (χ4v) is 10.1. The fraction of sp³-hybridized carbons (Fsp3) is 0.457. The Kier molecular flexibility index (Phi) is 20.4. The first-order valence-electron chi connectivity index (χ1n) is 29.2. The Morgan fingerprint density at radius 2 is 0.643 bits per heavy atom. The molecule has 0 spiro atoms. The third-order valence-corrected chi connectivity index (χ3v) is 14.6. The van der Waals surface area contributed by atoms with Crippen LogP contribution in [0.5, 0.6) is 23.0 Å². The molecular weight excluding hydrogens is 1060 g/mol. The number of fused-ring (bicyclic) bond motifs is 8. The number of benzene rings is 4. The summed E-state index contributed by atoms with van der Waals surface area (Å²) in [7, 11) is 0. The van der Waals surface area contributed by atoms with Gasteiger partial charge in [-0.1, -0.05) is 132 Å². The van der Waals surface area contributed by atoms with E-state index in [1.165, 1.54) is 0 Å². The molecule has 0 aliphatic heterocycles. The quantitative estimate of drug-likeness (QED) is 0.0588. The van der Waals surface area contributed by atoms with Gasteiger partial charge in [0.15, 0.2) is 26.4 Å². The number of rotatable bonds is 18. The summed E-state index contributed by atoms with van der Waals surface area (Å²) < 4.78 is 49.4. The van der Waals surface area contributed by atoms with Gasteiger partial charge in [0, 0.05) is 38.1 Å². The van der Waals surface area contributed by atoms with Gasteiger partial charge in [0.25, 0.3) is 0 Å². The van der Waals surface area contributed by atoms with Crippen molar-refractivity contribution in [2.75, 3.05) is 46.2 Å². The van der Waals surface area contributed by atoms with Crippen molar-refractivity contribution < 1.29 is 57.1 Å². The maximum atomic E-state index is 14.2. The number of carbonyl (C=O) groups is 4. The predicted octanol–water partition coefficient (Wildman–Crippen LogP) is 13.3. The summed E-state index contributed by atoms with van der Waals surface area (Å²) in [5.41, 5.74) is 11.7. The highest BCUT2D eigenvalue weighted by Gasteiger charge is 2.31. The van der Waals surface area contributed by atoms with E-state index in [9.17, 15) is 19.2 Å². The van der Waals surface area contributed by atoms with Gasteiger partial charge >= 0.3 is 23.9 Å². The Labute approximate surface area is 497 Å². The lowest BCUT2D eigenvalue weighted by Gasteiger charge is -2.29. The van der Waals surface area contributed by atoms with E-state index in [4.69, 9.17) is 37.9 Å². The minimum absolute atomic E-state index is 0.0336. The normalized spacial score (nSPS) is 12.7. The van der Waals surface area contributed by atoms with E-state index in [1.54, 1.807) is 39.2 Å². The third-order valence-electron chi connectivity index (χ3n) is 14.6. The Morgan fingerprint density at radius 1 is 0.381 bits per heavy atom. The highest BCUT2D eigenvalue weighted by molar-refractivity contribution is 5.74. The summed E-state index contributed by atoms with van der Waals surface area (Å²) in [6.07, 6.45) is 4.34. The maximum Gasteiger partial charge on any atom is 0.344 e. The topological polar surface area (TPSA) is 168 Å². The number of pyridine rings is 2. The number of nitrogens with zero attached hydrogens (tertiary/aromatic N) is 2. The second-order valence-electron chi connectivity index (χ2n) is 25.7. The Bertz CT molecular complexity index is 3230. The molecule has 8 bridgehead atoms. The van der Waals surface area contributed by atoms with Gasteiger partial charge in [-0.05, 0) is 152 Å².